The van der Waals surface area contributed by atoms with Gasteiger partial charge in [0, 0.05) is 0 Å². The van der Waals surface area contributed by atoms with Crippen LogP contribution in [-0.2, 0) is 4.79 Å². The first kappa shape index (κ1) is 11.0. The Bertz CT molecular complexity index is 443. The zero-order valence-electron chi connectivity index (χ0n) is 7.31. The number of nitro groups is 1. The third-order valence-corrected chi connectivity index (χ3v) is 1.62. The molecule has 78 valence electrons. The van der Waals surface area contributed by atoms with Gasteiger partial charge in [0.25, 0.3) is 5.69 Å². The molecule has 1 rings (SSSR count). The van der Waals surface area contributed by atoms with E-state index in [1.165, 1.54) is 0 Å². The molecule has 0 aliphatic rings. The Balaban J connectivity index is 3.34. The molecule has 0 bridgehead atoms. The fourth-order valence-electron chi connectivity index (χ4n) is 0.986. The second-order valence-corrected chi connectivity index (χ2v) is 2.58. The minimum absolute atomic E-state index is 0.161. The van der Waals surface area contributed by atoms with Crippen molar-refractivity contribution < 1.29 is 18.5 Å². The molecule has 0 amide bonds. The van der Waals surface area contributed by atoms with Crippen molar-refractivity contribution in [1.82, 2.24) is 0 Å². The van der Waals surface area contributed by atoms with E-state index in [0.29, 0.717) is 18.4 Å². The molecular formula is C9H5F2NO3. The van der Waals surface area contributed by atoms with Gasteiger partial charge in [-0.15, -0.1) is 0 Å². The molecule has 6 heteroatoms. The number of carbonyl (C=O) groups is 1. The number of halogens is 2. The van der Waals surface area contributed by atoms with Crippen molar-refractivity contribution in [2.75, 3.05) is 0 Å². The summed E-state index contributed by atoms with van der Waals surface area (Å²) in [6.07, 6.45) is 2.37. The summed E-state index contributed by atoms with van der Waals surface area (Å²) in [7, 11) is 0. The van der Waals surface area contributed by atoms with E-state index in [4.69, 9.17) is 0 Å². The average molecular weight is 213 g/mol. The van der Waals surface area contributed by atoms with Crippen LogP contribution < -0.4 is 0 Å². The minimum atomic E-state index is -1.30. The number of aldehydes is 1. The highest BCUT2D eigenvalue weighted by molar-refractivity contribution is 5.76. The zero-order valence-corrected chi connectivity index (χ0v) is 7.31. The van der Waals surface area contributed by atoms with Crippen LogP contribution in [0.2, 0.25) is 0 Å². The Morgan fingerprint density at radius 2 is 1.87 bits per heavy atom. The second-order valence-electron chi connectivity index (χ2n) is 2.58. The van der Waals surface area contributed by atoms with E-state index in [-0.39, 0.29) is 5.56 Å². The number of nitrogens with zero attached hydrogens (tertiary/aromatic N) is 1. The highest BCUT2D eigenvalue weighted by Gasteiger charge is 2.16. The van der Waals surface area contributed by atoms with Crippen LogP contribution in [0.4, 0.5) is 14.5 Å². The number of rotatable bonds is 3. The third-order valence-electron chi connectivity index (χ3n) is 1.62. The van der Waals surface area contributed by atoms with Crippen molar-refractivity contribution in [2.24, 2.45) is 0 Å². The molecule has 0 fully saturated rings. The SMILES string of the molecule is O=C/C=C/c1cc(F)c(F)cc1[N+](=O)[O-]. The number of nitro benzene ring substituents is 1. The van der Waals surface area contributed by atoms with Crippen molar-refractivity contribution in [2.45, 2.75) is 0 Å². The van der Waals surface area contributed by atoms with Gasteiger partial charge in [-0.3, -0.25) is 14.9 Å². The van der Waals surface area contributed by atoms with Crippen LogP contribution in [0.25, 0.3) is 6.08 Å². The lowest BCUT2D eigenvalue weighted by Gasteiger charge is -1.98. The summed E-state index contributed by atoms with van der Waals surface area (Å²) in [6.45, 7) is 0. The molecule has 15 heavy (non-hydrogen) atoms. The number of hydrogen-bond acceptors (Lipinski definition) is 3. The largest absolute Gasteiger partial charge is 0.299 e. The normalized spacial score (nSPS) is 10.5. The summed E-state index contributed by atoms with van der Waals surface area (Å²) in [6, 6.07) is 1.13. The molecule has 1 aromatic carbocycles. The fraction of sp³-hybridized carbons (Fsp3) is 0. The lowest BCUT2D eigenvalue weighted by atomic mass is 10.1. The first-order valence-electron chi connectivity index (χ1n) is 3.81. The van der Waals surface area contributed by atoms with Gasteiger partial charge >= 0.3 is 0 Å². The van der Waals surface area contributed by atoms with Crippen LogP contribution in [-0.4, -0.2) is 11.2 Å². The molecule has 1 aromatic rings. The van der Waals surface area contributed by atoms with Crippen LogP contribution >= 0.6 is 0 Å². The van der Waals surface area contributed by atoms with Crippen molar-refractivity contribution in [3.8, 4) is 0 Å². The third kappa shape index (κ3) is 2.43. The topological polar surface area (TPSA) is 60.2 Å². The van der Waals surface area contributed by atoms with Gasteiger partial charge in [0.05, 0.1) is 16.6 Å². The van der Waals surface area contributed by atoms with Gasteiger partial charge in [0.1, 0.15) is 6.29 Å². The summed E-state index contributed by atoms with van der Waals surface area (Å²) < 4.78 is 25.4. The molecule has 0 saturated heterocycles. The zero-order chi connectivity index (χ0) is 11.4. The maximum absolute atomic E-state index is 12.7. The molecule has 0 aromatic heterocycles. The summed E-state index contributed by atoms with van der Waals surface area (Å²) in [5.74, 6) is -2.50. The molecule has 0 heterocycles. The molecule has 4 nitrogen and oxygen atoms in total. The van der Waals surface area contributed by atoms with E-state index in [0.717, 1.165) is 12.2 Å². The Morgan fingerprint density at radius 3 is 2.40 bits per heavy atom. The van der Waals surface area contributed by atoms with E-state index in [2.05, 4.69) is 0 Å². The van der Waals surface area contributed by atoms with E-state index in [9.17, 15) is 23.7 Å². The molecule has 0 atom stereocenters. The Morgan fingerprint density at radius 1 is 1.27 bits per heavy atom. The molecule has 0 aliphatic carbocycles. The quantitative estimate of drug-likeness (QED) is 0.334. The van der Waals surface area contributed by atoms with Crippen molar-refractivity contribution in [3.05, 3.63) is 45.5 Å². The second kappa shape index (κ2) is 4.41. The van der Waals surface area contributed by atoms with Crippen LogP contribution in [0, 0.1) is 21.7 Å². The molecule has 0 radical (unpaired) electrons. The van der Waals surface area contributed by atoms with Gasteiger partial charge in [0.2, 0.25) is 0 Å². The van der Waals surface area contributed by atoms with Gasteiger partial charge in [-0.1, -0.05) is 0 Å². The van der Waals surface area contributed by atoms with Crippen LogP contribution in [0.5, 0.6) is 0 Å². The van der Waals surface area contributed by atoms with Gasteiger partial charge in [0.15, 0.2) is 11.6 Å². The monoisotopic (exact) mass is 213 g/mol. The summed E-state index contributed by atoms with van der Waals surface area (Å²) in [5, 5.41) is 10.4. The predicted octanol–water partition coefficient (Wildman–Crippen LogP) is 2.09. The van der Waals surface area contributed by atoms with Crippen LogP contribution in [0.15, 0.2) is 18.2 Å². The first-order valence-corrected chi connectivity index (χ1v) is 3.81. The predicted molar refractivity (Wildman–Crippen MR) is 48.1 cm³/mol. The molecule has 0 spiro atoms. The van der Waals surface area contributed by atoms with Crippen molar-refractivity contribution in [1.29, 1.82) is 0 Å². The maximum Gasteiger partial charge on any atom is 0.279 e. The number of hydrogen-bond donors (Lipinski definition) is 0. The van der Waals surface area contributed by atoms with Crippen molar-refractivity contribution >= 4 is 18.0 Å². The van der Waals surface area contributed by atoms with E-state index < -0.39 is 22.2 Å². The molecular weight excluding hydrogens is 208 g/mol. The highest BCUT2D eigenvalue weighted by Crippen LogP contribution is 2.23. The summed E-state index contributed by atoms with van der Waals surface area (Å²) in [4.78, 5) is 19.6. The van der Waals surface area contributed by atoms with Crippen LogP contribution in [0.1, 0.15) is 5.56 Å². The van der Waals surface area contributed by atoms with Gasteiger partial charge in [-0.25, -0.2) is 8.78 Å². The lowest BCUT2D eigenvalue weighted by Crippen LogP contribution is -1.95. The van der Waals surface area contributed by atoms with Crippen LogP contribution in [0.3, 0.4) is 0 Å². The molecule has 0 N–H and O–H groups in total. The Labute approximate surface area is 83.0 Å². The average Bonchev–Trinajstić information content (AvgIpc) is 2.19. The number of allylic oxidation sites excluding steroid dienone is 1. The summed E-state index contributed by atoms with van der Waals surface area (Å²) >= 11 is 0. The standard InChI is InChI=1S/C9H5F2NO3/c10-7-4-6(2-1-3-13)9(12(14)15)5-8(7)11/h1-5H/b2-1+. The van der Waals surface area contributed by atoms with Crippen molar-refractivity contribution in [3.63, 3.8) is 0 Å². The minimum Gasteiger partial charge on any atom is -0.299 e. The Hall–Kier alpha value is -2.11. The number of carbonyl (C=O) groups excluding carboxylic acids is 1. The molecule has 0 aliphatic heterocycles. The molecule has 0 unspecified atom stereocenters. The van der Waals surface area contributed by atoms with Gasteiger partial charge in [-0.2, -0.15) is 0 Å². The van der Waals surface area contributed by atoms with E-state index in [1.807, 2.05) is 0 Å². The lowest BCUT2D eigenvalue weighted by molar-refractivity contribution is -0.385. The highest BCUT2D eigenvalue weighted by atomic mass is 19.2. The summed E-state index contributed by atoms with van der Waals surface area (Å²) in [5.41, 5.74) is -0.752. The first-order chi connectivity index (χ1) is 7.06. The fourth-order valence-corrected chi connectivity index (χ4v) is 0.986. The van der Waals surface area contributed by atoms with E-state index in [1.54, 1.807) is 0 Å². The van der Waals surface area contributed by atoms with E-state index >= 15 is 0 Å². The van der Waals surface area contributed by atoms with Gasteiger partial charge in [-0.05, 0) is 18.2 Å². The van der Waals surface area contributed by atoms with Gasteiger partial charge < -0.3 is 0 Å². The Kier molecular flexibility index (Phi) is 3.22. The molecule has 0 saturated carbocycles. The smallest absolute Gasteiger partial charge is 0.279 e. The maximum atomic E-state index is 12.7. The number of benzene rings is 1.